The van der Waals surface area contributed by atoms with Gasteiger partial charge in [-0.2, -0.15) is 0 Å². The molecule has 0 aliphatic heterocycles. The maximum absolute atomic E-state index is 11.2. The third-order valence-corrected chi connectivity index (χ3v) is 3.74. The van der Waals surface area contributed by atoms with Gasteiger partial charge in [-0.15, -0.1) is 12.4 Å². The van der Waals surface area contributed by atoms with Crippen LogP contribution in [0, 0.1) is 0 Å². The zero-order valence-electron chi connectivity index (χ0n) is 11.7. The standard InChI is InChI=1S/C13H22N2O2S.ClH/c1-11(2)15(7-8-18(3,16)17)10-12-5-4-6-13(14)9-12;/h4-6,9,11H,7-8,10,14H2,1-3H3;1H. The van der Waals surface area contributed by atoms with Crippen LogP contribution in [0.15, 0.2) is 24.3 Å². The van der Waals surface area contributed by atoms with Gasteiger partial charge in [-0.1, -0.05) is 12.1 Å². The van der Waals surface area contributed by atoms with Crippen molar-refractivity contribution >= 4 is 27.9 Å². The minimum Gasteiger partial charge on any atom is -0.399 e. The number of halogens is 1. The molecule has 4 nitrogen and oxygen atoms in total. The van der Waals surface area contributed by atoms with E-state index >= 15 is 0 Å². The van der Waals surface area contributed by atoms with Crippen molar-refractivity contribution < 1.29 is 8.42 Å². The highest BCUT2D eigenvalue weighted by Crippen LogP contribution is 2.11. The second kappa shape index (κ2) is 7.72. The van der Waals surface area contributed by atoms with Crippen LogP contribution < -0.4 is 5.73 Å². The van der Waals surface area contributed by atoms with Crippen molar-refractivity contribution in [3.63, 3.8) is 0 Å². The third-order valence-electron chi connectivity index (χ3n) is 2.82. The molecule has 110 valence electrons. The first-order valence-electron chi connectivity index (χ1n) is 6.04. The molecule has 0 bridgehead atoms. The Hall–Kier alpha value is -0.780. The lowest BCUT2D eigenvalue weighted by molar-refractivity contribution is 0.226. The molecule has 0 radical (unpaired) electrons. The van der Waals surface area contributed by atoms with Crippen LogP contribution in [0.4, 0.5) is 5.69 Å². The second-order valence-corrected chi connectivity index (χ2v) is 7.20. The zero-order chi connectivity index (χ0) is 13.8. The molecular weight excluding hydrogens is 284 g/mol. The number of rotatable bonds is 6. The highest BCUT2D eigenvalue weighted by Gasteiger charge is 2.13. The molecule has 0 aliphatic rings. The molecule has 0 fully saturated rings. The monoisotopic (exact) mass is 306 g/mol. The summed E-state index contributed by atoms with van der Waals surface area (Å²) >= 11 is 0. The summed E-state index contributed by atoms with van der Waals surface area (Å²) in [6.45, 7) is 5.40. The van der Waals surface area contributed by atoms with E-state index in [4.69, 9.17) is 5.73 Å². The summed E-state index contributed by atoms with van der Waals surface area (Å²) in [5, 5.41) is 0. The average molecular weight is 307 g/mol. The zero-order valence-corrected chi connectivity index (χ0v) is 13.3. The molecule has 1 rings (SSSR count). The number of nitrogen functional groups attached to an aromatic ring is 1. The minimum absolute atomic E-state index is 0. The molecule has 0 amide bonds. The lowest BCUT2D eigenvalue weighted by atomic mass is 10.1. The van der Waals surface area contributed by atoms with Gasteiger partial charge in [0, 0.05) is 31.1 Å². The van der Waals surface area contributed by atoms with Crippen LogP contribution in [0.5, 0.6) is 0 Å². The van der Waals surface area contributed by atoms with Gasteiger partial charge in [-0.05, 0) is 31.5 Å². The van der Waals surface area contributed by atoms with Gasteiger partial charge in [-0.25, -0.2) is 8.42 Å². The van der Waals surface area contributed by atoms with Crippen LogP contribution in [0.25, 0.3) is 0 Å². The number of hydrogen-bond acceptors (Lipinski definition) is 4. The van der Waals surface area contributed by atoms with E-state index in [2.05, 4.69) is 18.7 Å². The average Bonchev–Trinajstić information content (AvgIpc) is 2.22. The van der Waals surface area contributed by atoms with Gasteiger partial charge >= 0.3 is 0 Å². The molecule has 0 atom stereocenters. The minimum atomic E-state index is -2.92. The smallest absolute Gasteiger partial charge is 0.148 e. The fourth-order valence-corrected chi connectivity index (χ4v) is 2.30. The summed E-state index contributed by atoms with van der Waals surface area (Å²) in [6, 6.07) is 8.00. The number of nitrogens with two attached hydrogens (primary N) is 1. The quantitative estimate of drug-likeness (QED) is 0.816. The Kier molecular flexibility index (Phi) is 7.41. The predicted octanol–water partition coefficient (Wildman–Crippen LogP) is 1.95. The molecule has 0 saturated carbocycles. The first-order chi connectivity index (χ1) is 8.28. The molecular formula is C13H23ClN2O2S. The molecule has 0 heterocycles. The first-order valence-corrected chi connectivity index (χ1v) is 8.10. The lowest BCUT2D eigenvalue weighted by Crippen LogP contribution is -2.34. The van der Waals surface area contributed by atoms with E-state index in [1.54, 1.807) is 0 Å². The molecule has 6 heteroatoms. The molecule has 1 aromatic rings. The van der Waals surface area contributed by atoms with E-state index in [0.717, 1.165) is 17.8 Å². The van der Waals surface area contributed by atoms with Gasteiger partial charge < -0.3 is 5.73 Å². The Morgan fingerprint density at radius 2 is 1.95 bits per heavy atom. The van der Waals surface area contributed by atoms with Crippen LogP contribution in [0.1, 0.15) is 19.4 Å². The van der Waals surface area contributed by atoms with Crippen LogP contribution >= 0.6 is 12.4 Å². The highest BCUT2D eigenvalue weighted by atomic mass is 35.5. The Balaban J connectivity index is 0.00000324. The molecule has 19 heavy (non-hydrogen) atoms. The van der Waals surface area contributed by atoms with Gasteiger partial charge in [-0.3, -0.25) is 4.90 Å². The van der Waals surface area contributed by atoms with Crippen molar-refractivity contribution in [3.05, 3.63) is 29.8 Å². The molecule has 1 aromatic carbocycles. The summed E-state index contributed by atoms with van der Waals surface area (Å²) in [5.74, 6) is 0.188. The van der Waals surface area contributed by atoms with Crippen LogP contribution in [-0.4, -0.2) is 37.9 Å². The van der Waals surface area contributed by atoms with E-state index < -0.39 is 9.84 Å². The van der Waals surface area contributed by atoms with Gasteiger partial charge in [0.1, 0.15) is 9.84 Å². The number of nitrogens with zero attached hydrogens (tertiary/aromatic N) is 1. The van der Waals surface area contributed by atoms with Crippen LogP contribution in [0.2, 0.25) is 0 Å². The molecule has 0 aromatic heterocycles. The van der Waals surface area contributed by atoms with Gasteiger partial charge in [0.05, 0.1) is 5.75 Å². The number of hydrogen-bond donors (Lipinski definition) is 1. The first kappa shape index (κ1) is 18.2. The third kappa shape index (κ3) is 7.40. The van der Waals surface area contributed by atoms with E-state index in [9.17, 15) is 8.42 Å². The number of benzene rings is 1. The summed E-state index contributed by atoms with van der Waals surface area (Å²) in [5.41, 5.74) is 7.58. The highest BCUT2D eigenvalue weighted by molar-refractivity contribution is 7.90. The Morgan fingerprint density at radius 3 is 2.42 bits per heavy atom. The Morgan fingerprint density at radius 1 is 1.32 bits per heavy atom. The van der Waals surface area contributed by atoms with Crippen molar-refractivity contribution in [1.82, 2.24) is 4.90 Å². The second-order valence-electron chi connectivity index (χ2n) is 4.94. The maximum atomic E-state index is 11.2. The van der Waals surface area contributed by atoms with E-state index in [-0.39, 0.29) is 18.2 Å². The number of anilines is 1. The van der Waals surface area contributed by atoms with Crippen molar-refractivity contribution in [2.45, 2.75) is 26.4 Å². The van der Waals surface area contributed by atoms with E-state index in [1.165, 1.54) is 6.26 Å². The van der Waals surface area contributed by atoms with Crippen molar-refractivity contribution in [2.24, 2.45) is 0 Å². The summed E-state index contributed by atoms with van der Waals surface area (Å²) < 4.78 is 22.4. The van der Waals surface area contributed by atoms with E-state index in [0.29, 0.717) is 12.6 Å². The lowest BCUT2D eigenvalue weighted by Gasteiger charge is -2.26. The van der Waals surface area contributed by atoms with Crippen molar-refractivity contribution in [2.75, 3.05) is 24.3 Å². The Bertz CT molecular complexity index is 489. The van der Waals surface area contributed by atoms with Crippen molar-refractivity contribution in [3.8, 4) is 0 Å². The SMILES string of the molecule is CC(C)N(CCS(C)(=O)=O)Cc1cccc(N)c1.Cl. The summed E-state index contributed by atoms with van der Waals surface area (Å²) in [6.07, 6.45) is 1.27. The van der Waals surface area contributed by atoms with Crippen molar-refractivity contribution in [1.29, 1.82) is 0 Å². The fraction of sp³-hybridized carbons (Fsp3) is 0.538. The van der Waals surface area contributed by atoms with Crippen LogP contribution in [0.3, 0.4) is 0 Å². The largest absolute Gasteiger partial charge is 0.399 e. The normalized spacial score (nSPS) is 11.6. The van der Waals surface area contributed by atoms with E-state index in [1.807, 2.05) is 24.3 Å². The van der Waals surface area contributed by atoms with Crippen LogP contribution in [-0.2, 0) is 16.4 Å². The molecule has 0 saturated heterocycles. The number of sulfone groups is 1. The predicted molar refractivity (Wildman–Crippen MR) is 83.4 cm³/mol. The molecule has 0 unspecified atom stereocenters. The summed E-state index contributed by atoms with van der Waals surface area (Å²) in [7, 11) is -2.92. The maximum Gasteiger partial charge on any atom is 0.148 e. The van der Waals surface area contributed by atoms with Gasteiger partial charge in [0.15, 0.2) is 0 Å². The van der Waals surface area contributed by atoms with Gasteiger partial charge in [0.25, 0.3) is 0 Å². The van der Waals surface area contributed by atoms with Gasteiger partial charge in [0.2, 0.25) is 0 Å². The fourth-order valence-electron chi connectivity index (χ4n) is 1.73. The topological polar surface area (TPSA) is 63.4 Å². The molecule has 0 aliphatic carbocycles. The molecule has 0 spiro atoms. The summed E-state index contributed by atoms with van der Waals surface area (Å²) in [4.78, 5) is 2.13. The Labute approximate surface area is 122 Å². The molecule has 2 N–H and O–H groups in total.